The maximum Gasteiger partial charge on any atom is 0.0241 e. The first-order valence-corrected chi connectivity index (χ1v) is 7.36. The Morgan fingerprint density at radius 3 is 2.56 bits per heavy atom. The van der Waals surface area contributed by atoms with Gasteiger partial charge in [-0.2, -0.15) is 0 Å². The van der Waals surface area contributed by atoms with E-state index in [2.05, 4.69) is 66.0 Å². The summed E-state index contributed by atoms with van der Waals surface area (Å²) in [5.74, 6) is 0. The summed E-state index contributed by atoms with van der Waals surface area (Å²) in [5, 5.41) is 0. The van der Waals surface area contributed by atoms with Crippen LogP contribution in [0.25, 0.3) is 0 Å². The zero-order chi connectivity index (χ0) is 13.6. The Balaban J connectivity index is 2.34. The smallest absolute Gasteiger partial charge is 0.0241 e. The van der Waals surface area contributed by atoms with Crippen LogP contribution in [-0.2, 0) is 6.54 Å². The zero-order valence-electron chi connectivity index (χ0n) is 11.7. The maximum absolute atomic E-state index is 5.75. The summed E-state index contributed by atoms with van der Waals surface area (Å²) >= 11 is 3.59. The van der Waals surface area contributed by atoms with Crippen LogP contribution in [0.1, 0.15) is 32.3 Å². The number of nitrogens with zero attached hydrogens (tertiary/aromatic N) is 1. The maximum atomic E-state index is 5.75. The molecule has 1 rings (SSSR count). The molecule has 0 atom stereocenters. The Hall–Kier alpha value is -0.380. The minimum Gasteiger partial charge on any atom is -0.330 e. The number of halogens is 1. The molecule has 0 unspecified atom stereocenters. The van der Waals surface area contributed by atoms with Crippen LogP contribution in [-0.4, -0.2) is 25.0 Å². The van der Waals surface area contributed by atoms with Gasteiger partial charge in [-0.25, -0.2) is 0 Å². The van der Waals surface area contributed by atoms with Gasteiger partial charge in [-0.05, 0) is 50.0 Å². The molecule has 1 aromatic rings. The van der Waals surface area contributed by atoms with E-state index in [-0.39, 0.29) is 5.41 Å². The van der Waals surface area contributed by atoms with Crippen molar-refractivity contribution in [2.45, 2.75) is 33.2 Å². The summed E-state index contributed by atoms with van der Waals surface area (Å²) in [6.07, 6.45) is 2.38. The van der Waals surface area contributed by atoms with Crippen LogP contribution in [0.4, 0.5) is 0 Å². The lowest BCUT2D eigenvalue weighted by Gasteiger charge is -2.24. The van der Waals surface area contributed by atoms with Crippen LogP contribution in [0.2, 0.25) is 0 Å². The second-order valence-electron chi connectivity index (χ2n) is 5.80. The third-order valence-electron chi connectivity index (χ3n) is 3.34. The highest BCUT2D eigenvalue weighted by atomic mass is 79.9. The van der Waals surface area contributed by atoms with E-state index in [1.165, 1.54) is 22.9 Å². The number of hydrogen-bond acceptors (Lipinski definition) is 2. The summed E-state index contributed by atoms with van der Waals surface area (Å²) in [5.41, 5.74) is 7.36. The quantitative estimate of drug-likeness (QED) is 0.832. The van der Waals surface area contributed by atoms with Gasteiger partial charge >= 0.3 is 0 Å². The summed E-state index contributed by atoms with van der Waals surface area (Å²) in [4.78, 5) is 2.37. The normalized spacial score (nSPS) is 12.1. The van der Waals surface area contributed by atoms with E-state index in [0.717, 1.165) is 19.6 Å². The molecule has 1 aromatic carbocycles. The first-order valence-electron chi connectivity index (χ1n) is 6.56. The largest absolute Gasteiger partial charge is 0.330 e. The van der Waals surface area contributed by atoms with E-state index in [4.69, 9.17) is 5.73 Å². The molecule has 18 heavy (non-hydrogen) atoms. The van der Waals surface area contributed by atoms with Crippen LogP contribution >= 0.6 is 15.9 Å². The van der Waals surface area contributed by atoms with Gasteiger partial charge in [0, 0.05) is 11.0 Å². The molecule has 0 fully saturated rings. The molecule has 2 nitrogen and oxygen atoms in total. The average Bonchev–Trinajstić information content (AvgIpc) is 2.32. The zero-order valence-corrected chi connectivity index (χ0v) is 13.3. The molecular weight excluding hydrogens is 288 g/mol. The summed E-state index contributed by atoms with van der Waals surface area (Å²) in [6, 6.07) is 8.41. The van der Waals surface area contributed by atoms with E-state index in [0.29, 0.717) is 0 Å². The second kappa shape index (κ2) is 7.27. The van der Waals surface area contributed by atoms with Crippen molar-refractivity contribution in [2.24, 2.45) is 11.1 Å². The van der Waals surface area contributed by atoms with Gasteiger partial charge in [0.25, 0.3) is 0 Å². The van der Waals surface area contributed by atoms with Gasteiger partial charge in [-0.1, -0.05) is 48.0 Å². The second-order valence-corrected chi connectivity index (χ2v) is 6.66. The van der Waals surface area contributed by atoms with E-state index in [1.54, 1.807) is 0 Å². The lowest BCUT2D eigenvalue weighted by Crippen LogP contribution is -2.26. The Kier molecular flexibility index (Phi) is 6.33. The molecule has 0 aliphatic carbocycles. The minimum absolute atomic E-state index is 0.272. The van der Waals surface area contributed by atoms with E-state index >= 15 is 0 Å². The van der Waals surface area contributed by atoms with Crippen LogP contribution < -0.4 is 5.73 Å². The van der Waals surface area contributed by atoms with Crippen LogP contribution in [0, 0.1) is 5.41 Å². The van der Waals surface area contributed by atoms with Crippen molar-refractivity contribution in [3.8, 4) is 0 Å². The van der Waals surface area contributed by atoms with Crippen molar-refractivity contribution < 1.29 is 0 Å². The molecule has 0 aromatic heterocycles. The molecule has 0 aliphatic heterocycles. The Labute approximate surface area is 120 Å². The standard InChI is InChI=1S/C15H25BrN2/c1-15(2,12-17)9-6-10-18(3)11-13-7-4-5-8-14(13)16/h4-5,7-8H,6,9-12,17H2,1-3H3. The fourth-order valence-electron chi connectivity index (χ4n) is 1.93. The van der Waals surface area contributed by atoms with Gasteiger partial charge in [0.05, 0.1) is 0 Å². The average molecular weight is 313 g/mol. The van der Waals surface area contributed by atoms with E-state index in [1.807, 2.05) is 0 Å². The fraction of sp³-hybridized carbons (Fsp3) is 0.600. The fourth-order valence-corrected chi connectivity index (χ4v) is 2.34. The van der Waals surface area contributed by atoms with Crippen LogP contribution in [0.3, 0.4) is 0 Å². The lowest BCUT2D eigenvalue weighted by molar-refractivity contribution is 0.273. The Bertz CT molecular complexity index is 363. The predicted molar refractivity (Wildman–Crippen MR) is 82.5 cm³/mol. The third-order valence-corrected chi connectivity index (χ3v) is 4.12. The van der Waals surface area contributed by atoms with Crippen molar-refractivity contribution in [3.05, 3.63) is 34.3 Å². The van der Waals surface area contributed by atoms with Gasteiger partial charge in [-0.15, -0.1) is 0 Å². The molecule has 0 bridgehead atoms. The summed E-state index contributed by atoms with van der Waals surface area (Å²) in [7, 11) is 2.18. The molecule has 3 heteroatoms. The topological polar surface area (TPSA) is 29.3 Å². The number of nitrogens with two attached hydrogens (primary N) is 1. The molecular formula is C15H25BrN2. The molecule has 0 radical (unpaired) electrons. The van der Waals surface area contributed by atoms with Gasteiger partial charge in [0.1, 0.15) is 0 Å². The number of hydrogen-bond donors (Lipinski definition) is 1. The van der Waals surface area contributed by atoms with Gasteiger partial charge < -0.3 is 10.6 Å². The van der Waals surface area contributed by atoms with E-state index < -0.39 is 0 Å². The summed E-state index contributed by atoms with van der Waals surface area (Å²) < 4.78 is 1.19. The Morgan fingerprint density at radius 2 is 1.94 bits per heavy atom. The van der Waals surface area contributed by atoms with Gasteiger partial charge in [-0.3, -0.25) is 0 Å². The molecule has 102 valence electrons. The molecule has 0 saturated carbocycles. The molecule has 0 aliphatic rings. The third kappa shape index (κ3) is 5.51. The van der Waals surface area contributed by atoms with Crippen molar-refractivity contribution in [1.82, 2.24) is 4.90 Å². The molecule has 0 heterocycles. The van der Waals surface area contributed by atoms with Gasteiger partial charge in [0.15, 0.2) is 0 Å². The lowest BCUT2D eigenvalue weighted by atomic mass is 9.88. The number of rotatable bonds is 7. The van der Waals surface area contributed by atoms with Crippen molar-refractivity contribution in [1.29, 1.82) is 0 Å². The first-order chi connectivity index (χ1) is 8.44. The number of benzene rings is 1. The molecule has 0 saturated heterocycles. The highest BCUT2D eigenvalue weighted by Gasteiger charge is 2.15. The van der Waals surface area contributed by atoms with Crippen molar-refractivity contribution >= 4 is 15.9 Å². The predicted octanol–water partition coefficient (Wildman–Crippen LogP) is 3.65. The Morgan fingerprint density at radius 1 is 1.28 bits per heavy atom. The minimum atomic E-state index is 0.272. The molecule has 2 N–H and O–H groups in total. The van der Waals surface area contributed by atoms with E-state index in [9.17, 15) is 0 Å². The highest BCUT2D eigenvalue weighted by Crippen LogP contribution is 2.21. The van der Waals surface area contributed by atoms with Gasteiger partial charge in [0.2, 0.25) is 0 Å². The highest BCUT2D eigenvalue weighted by molar-refractivity contribution is 9.10. The van der Waals surface area contributed by atoms with Crippen molar-refractivity contribution in [3.63, 3.8) is 0 Å². The van der Waals surface area contributed by atoms with Crippen molar-refractivity contribution in [2.75, 3.05) is 20.1 Å². The first kappa shape index (κ1) is 15.7. The van der Waals surface area contributed by atoms with Crippen LogP contribution in [0.15, 0.2) is 28.7 Å². The molecule has 0 spiro atoms. The monoisotopic (exact) mass is 312 g/mol. The van der Waals surface area contributed by atoms with Crippen LogP contribution in [0.5, 0.6) is 0 Å². The SMILES string of the molecule is CN(CCCC(C)(C)CN)Cc1ccccc1Br. The molecule has 0 amide bonds. The summed E-state index contributed by atoms with van der Waals surface area (Å²) in [6.45, 7) is 7.34.